The Kier molecular flexibility index (Phi) is 11.1. The van der Waals surface area contributed by atoms with Crippen LogP contribution in [0.15, 0.2) is 71.6 Å². The van der Waals surface area contributed by atoms with Crippen LogP contribution in [0.25, 0.3) is 0 Å². The van der Waals surface area contributed by atoms with Gasteiger partial charge < -0.3 is 4.90 Å². The summed E-state index contributed by atoms with van der Waals surface area (Å²) in [6.07, 6.45) is 9.80. The molecule has 33 heavy (non-hydrogen) atoms. The van der Waals surface area contributed by atoms with Gasteiger partial charge in [-0.05, 0) is 66.6 Å². The second-order valence-corrected chi connectivity index (χ2v) is 10.9. The number of carbonyl (C=O) groups is 1. The molecule has 0 radical (unpaired) electrons. The molecule has 0 spiro atoms. The van der Waals surface area contributed by atoms with Crippen molar-refractivity contribution in [2.24, 2.45) is 0 Å². The Morgan fingerprint density at radius 3 is 2.15 bits per heavy atom. The first-order valence-corrected chi connectivity index (χ1v) is 13.5. The van der Waals surface area contributed by atoms with Gasteiger partial charge in [-0.25, -0.2) is 8.42 Å². The highest BCUT2D eigenvalue weighted by molar-refractivity contribution is 14.1. The highest BCUT2D eigenvalue weighted by Gasteiger charge is 2.23. The fourth-order valence-corrected chi connectivity index (χ4v) is 5.54. The van der Waals surface area contributed by atoms with Crippen molar-refractivity contribution in [2.45, 2.75) is 43.9 Å². The summed E-state index contributed by atoms with van der Waals surface area (Å²) in [5.74, 6) is 2.40. The maximum atomic E-state index is 12.8. The minimum atomic E-state index is -3.59. The van der Waals surface area contributed by atoms with E-state index in [9.17, 15) is 13.2 Å². The zero-order valence-electron chi connectivity index (χ0n) is 19.0. The third-order valence-corrected chi connectivity index (χ3v) is 7.96. The number of amides is 1. The Morgan fingerprint density at radius 1 is 0.970 bits per heavy atom. The number of benzene rings is 2. The van der Waals surface area contributed by atoms with Gasteiger partial charge in [0.15, 0.2) is 0 Å². The first kappa shape index (κ1) is 27.1. The van der Waals surface area contributed by atoms with E-state index in [0.29, 0.717) is 18.7 Å². The number of halogens is 1. The lowest BCUT2D eigenvalue weighted by molar-refractivity contribution is -0.115. The zero-order chi connectivity index (χ0) is 24.3. The average Bonchev–Trinajstić information content (AvgIpc) is 2.81. The van der Waals surface area contributed by atoms with Crippen LogP contribution in [-0.2, 0) is 14.8 Å². The Morgan fingerprint density at radius 2 is 1.55 bits per heavy atom. The van der Waals surface area contributed by atoms with E-state index in [4.69, 9.17) is 6.42 Å². The van der Waals surface area contributed by atoms with Crippen molar-refractivity contribution in [3.8, 4) is 12.3 Å². The van der Waals surface area contributed by atoms with Crippen molar-refractivity contribution in [3.05, 3.63) is 70.3 Å². The molecule has 0 N–H and O–H groups in total. The summed E-state index contributed by atoms with van der Waals surface area (Å²) in [4.78, 5) is 14.7. The van der Waals surface area contributed by atoms with E-state index in [-0.39, 0.29) is 17.3 Å². The van der Waals surface area contributed by atoms with Crippen molar-refractivity contribution in [3.63, 3.8) is 0 Å². The molecule has 0 saturated carbocycles. The van der Waals surface area contributed by atoms with Crippen LogP contribution in [0.1, 0.15) is 39.0 Å². The van der Waals surface area contributed by atoms with Gasteiger partial charge in [0.2, 0.25) is 10.0 Å². The fraction of sp³-hybridized carbons (Fsp3) is 0.346. The van der Waals surface area contributed by atoms with Gasteiger partial charge in [0.25, 0.3) is 5.91 Å². The predicted molar refractivity (Wildman–Crippen MR) is 143 cm³/mol. The summed E-state index contributed by atoms with van der Waals surface area (Å²) < 4.78 is 28.1. The molecule has 0 saturated heterocycles. The normalized spacial score (nSPS) is 11.2. The SMILES string of the molecule is C#CCN(CCCCCCCN(C(=O)C(=C)C)c1ccccc1I)S(=O)(=O)c1ccccc1. The zero-order valence-corrected chi connectivity index (χ0v) is 22.0. The molecule has 0 aliphatic heterocycles. The number of carbonyl (C=O) groups excluding carboxylic acids is 1. The number of sulfonamides is 1. The first-order chi connectivity index (χ1) is 15.8. The van der Waals surface area contributed by atoms with Gasteiger partial charge in [0.05, 0.1) is 17.1 Å². The lowest BCUT2D eigenvalue weighted by Gasteiger charge is -2.24. The van der Waals surface area contributed by atoms with Gasteiger partial charge in [0.1, 0.15) is 0 Å². The van der Waals surface area contributed by atoms with Gasteiger partial charge in [-0.3, -0.25) is 4.79 Å². The third-order valence-electron chi connectivity index (χ3n) is 5.19. The number of nitrogens with zero attached hydrogens (tertiary/aromatic N) is 2. The lowest BCUT2D eigenvalue weighted by Crippen LogP contribution is -2.33. The summed E-state index contributed by atoms with van der Waals surface area (Å²) in [7, 11) is -3.59. The van der Waals surface area contributed by atoms with E-state index in [1.807, 2.05) is 24.3 Å². The number of terminal acetylenes is 1. The Bertz CT molecular complexity index is 1080. The van der Waals surface area contributed by atoms with Crippen LogP contribution >= 0.6 is 22.6 Å². The second-order valence-electron chi connectivity index (χ2n) is 7.81. The highest BCUT2D eigenvalue weighted by Crippen LogP contribution is 2.24. The van der Waals surface area contributed by atoms with Gasteiger partial charge in [-0.1, -0.05) is 62.1 Å². The van der Waals surface area contributed by atoms with Crippen LogP contribution in [-0.4, -0.2) is 38.3 Å². The summed E-state index contributed by atoms with van der Waals surface area (Å²) in [5, 5.41) is 0. The smallest absolute Gasteiger partial charge is 0.253 e. The minimum Gasteiger partial charge on any atom is -0.308 e. The van der Waals surface area contributed by atoms with Crippen molar-refractivity contribution >= 4 is 44.2 Å². The number of hydrogen-bond acceptors (Lipinski definition) is 3. The van der Waals surface area contributed by atoms with Crippen LogP contribution in [0.4, 0.5) is 5.69 Å². The van der Waals surface area contributed by atoms with Gasteiger partial charge in [-0.15, -0.1) is 6.42 Å². The predicted octanol–water partition coefficient (Wildman–Crippen LogP) is 5.47. The molecule has 0 heterocycles. The third kappa shape index (κ3) is 7.98. The molecule has 0 atom stereocenters. The van der Waals surface area contributed by atoms with Crippen molar-refractivity contribution in [2.75, 3.05) is 24.5 Å². The molecular weight excluding hydrogens is 547 g/mol. The van der Waals surface area contributed by atoms with Crippen LogP contribution in [0.5, 0.6) is 0 Å². The van der Waals surface area contributed by atoms with E-state index in [1.54, 1.807) is 42.2 Å². The molecule has 0 aromatic heterocycles. The maximum absolute atomic E-state index is 12.8. The van der Waals surface area contributed by atoms with E-state index in [0.717, 1.165) is 41.4 Å². The van der Waals surface area contributed by atoms with Crippen LogP contribution in [0, 0.1) is 15.9 Å². The molecule has 2 aromatic carbocycles. The van der Waals surface area contributed by atoms with Crippen LogP contribution < -0.4 is 4.90 Å². The molecule has 1 amide bonds. The molecule has 0 aliphatic carbocycles. The Hall–Kier alpha value is -2.15. The van der Waals surface area contributed by atoms with E-state index in [2.05, 4.69) is 35.1 Å². The number of unbranched alkanes of at least 4 members (excludes halogenated alkanes) is 4. The lowest BCUT2D eigenvalue weighted by atomic mass is 10.1. The highest BCUT2D eigenvalue weighted by atomic mass is 127. The quantitative estimate of drug-likeness (QED) is 0.137. The molecule has 2 rings (SSSR count). The van der Waals surface area contributed by atoms with Crippen molar-refractivity contribution < 1.29 is 13.2 Å². The first-order valence-electron chi connectivity index (χ1n) is 11.0. The molecule has 7 heteroatoms. The van der Waals surface area contributed by atoms with E-state index < -0.39 is 10.0 Å². The van der Waals surface area contributed by atoms with Crippen molar-refractivity contribution in [1.29, 1.82) is 0 Å². The number of para-hydroxylation sites is 1. The molecule has 5 nitrogen and oxygen atoms in total. The van der Waals surface area contributed by atoms with E-state index in [1.165, 1.54) is 4.31 Å². The standard InChI is InChI=1S/C26H31IN2O3S/c1-4-19-28(33(31,32)23-15-9-8-10-16-23)20-13-6-5-7-14-21-29(26(30)22(2)3)25-18-12-11-17-24(25)27/h1,8-12,15-18H,2,5-7,13-14,19-21H2,3H3. The van der Waals surface area contributed by atoms with Gasteiger partial charge in [0, 0.05) is 22.2 Å². The molecular formula is C26H31IN2O3S. The van der Waals surface area contributed by atoms with Crippen molar-refractivity contribution in [1.82, 2.24) is 4.31 Å². The summed E-state index contributed by atoms with van der Waals surface area (Å²) in [6.45, 7) is 6.62. The maximum Gasteiger partial charge on any atom is 0.253 e. The molecule has 0 aliphatic rings. The van der Waals surface area contributed by atoms with Crippen LogP contribution in [0.3, 0.4) is 0 Å². The molecule has 0 unspecified atom stereocenters. The topological polar surface area (TPSA) is 57.7 Å². The Balaban J connectivity index is 1.84. The Labute approximate surface area is 212 Å². The minimum absolute atomic E-state index is 0.0600. The molecule has 0 fully saturated rings. The molecule has 176 valence electrons. The number of rotatable bonds is 13. The summed E-state index contributed by atoms with van der Waals surface area (Å²) >= 11 is 2.24. The monoisotopic (exact) mass is 578 g/mol. The summed E-state index contributed by atoms with van der Waals surface area (Å²) in [6, 6.07) is 16.2. The van der Waals surface area contributed by atoms with E-state index >= 15 is 0 Å². The second kappa shape index (κ2) is 13.5. The van der Waals surface area contributed by atoms with Crippen LogP contribution in [0.2, 0.25) is 0 Å². The van der Waals surface area contributed by atoms with Gasteiger partial charge in [-0.2, -0.15) is 4.31 Å². The fourth-order valence-electron chi connectivity index (χ4n) is 3.45. The van der Waals surface area contributed by atoms with Gasteiger partial charge >= 0.3 is 0 Å². The average molecular weight is 579 g/mol. The number of hydrogen-bond donors (Lipinski definition) is 0. The number of anilines is 1. The largest absolute Gasteiger partial charge is 0.308 e. The molecule has 0 bridgehead atoms. The molecule has 2 aromatic rings. The summed E-state index contributed by atoms with van der Waals surface area (Å²) in [5.41, 5.74) is 1.42.